The van der Waals surface area contributed by atoms with Crippen molar-refractivity contribution < 1.29 is 17.3 Å². The van der Waals surface area contributed by atoms with Crippen LogP contribution in [0.25, 0.3) is 0 Å². The van der Waals surface area contributed by atoms with E-state index in [4.69, 9.17) is 8.92 Å². The topological polar surface area (TPSA) is 64.6 Å². The number of hydrogen-bond acceptors (Lipinski definition) is 5. The lowest BCUT2D eigenvalue weighted by molar-refractivity contribution is 0.390. The summed E-state index contributed by atoms with van der Waals surface area (Å²) >= 11 is 0. The summed E-state index contributed by atoms with van der Waals surface area (Å²) in [5, 5.41) is 3.39. The molecule has 0 aliphatic carbocycles. The average Bonchev–Trinajstić information content (AvgIpc) is 2.68. The van der Waals surface area contributed by atoms with E-state index in [1.165, 1.54) is 30.4 Å². The summed E-state index contributed by atoms with van der Waals surface area (Å²) in [5.74, 6) is 0.518. The fourth-order valence-corrected chi connectivity index (χ4v) is 3.91. The molecule has 0 unspecified atom stereocenters. The van der Waals surface area contributed by atoms with Gasteiger partial charge in [-0.25, -0.2) is 0 Å². The molecule has 5 nitrogen and oxygen atoms in total. The van der Waals surface area contributed by atoms with E-state index in [1.54, 1.807) is 24.3 Å². The Kier molecular flexibility index (Phi) is 6.13. The highest BCUT2D eigenvalue weighted by Crippen LogP contribution is 2.31. The van der Waals surface area contributed by atoms with E-state index in [-0.39, 0.29) is 10.6 Å². The van der Waals surface area contributed by atoms with Crippen molar-refractivity contribution in [2.75, 3.05) is 12.4 Å². The van der Waals surface area contributed by atoms with Gasteiger partial charge in [0.25, 0.3) is 0 Å². The van der Waals surface area contributed by atoms with Crippen molar-refractivity contribution in [3.63, 3.8) is 0 Å². The summed E-state index contributed by atoms with van der Waals surface area (Å²) in [4.78, 5) is 0.103. The molecule has 0 atom stereocenters. The van der Waals surface area contributed by atoms with Crippen LogP contribution in [-0.4, -0.2) is 15.5 Å². The zero-order chi connectivity index (χ0) is 21.0. The number of ether oxygens (including phenoxy) is 1. The largest absolute Gasteiger partial charge is 0.493 e. The summed E-state index contributed by atoms with van der Waals surface area (Å²) < 4.78 is 35.8. The first-order chi connectivity index (χ1) is 13.8. The van der Waals surface area contributed by atoms with Crippen LogP contribution in [0.1, 0.15) is 22.3 Å². The molecular formula is C23H25NO4S. The normalized spacial score (nSPS) is 11.2. The Morgan fingerprint density at radius 2 is 1.52 bits per heavy atom. The molecule has 0 spiro atoms. The van der Waals surface area contributed by atoms with Gasteiger partial charge in [0.2, 0.25) is 0 Å². The van der Waals surface area contributed by atoms with Crippen molar-refractivity contribution in [1.82, 2.24) is 0 Å². The second-order valence-corrected chi connectivity index (χ2v) is 8.55. The number of rotatable bonds is 7. The van der Waals surface area contributed by atoms with Gasteiger partial charge in [0, 0.05) is 12.2 Å². The van der Waals surface area contributed by atoms with Gasteiger partial charge in [-0.2, -0.15) is 8.42 Å². The SMILES string of the molecule is COc1cc(CNc2ccc(C)cc2C)ccc1OS(=O)(=O)c1ccc(C)cc1. The summed E-state index contributed by atoms with van der Waals surface area (Å²) in [6, 6.07) is 18.0. The van der Waals surface area contributed by atoms with Crippen LogP contribution in [0.3, 0.4) is 0 Å². The number of aryl methyl sites for hydroxylation is 3. The third kappa shape index (κ3) is 5.09. The number of nitrogens with one attached hydrogen (secondary N) is 1. The highest BCUT2D eigenvalue weighted by molar-refractivity contribution is 7.87. The number of hydrogen-bond donors (Lipinski definition) is 1. The molecule has 0 fully saturated rings. The predicted molar refractivity (Wildman–Crippen MR) is 115 cm³/mol. The molecule has 0 amide bonds. The Balaban J connectivity index is 1.77. The Hall–Kier alpha value is -2.99. The highest BCUT2D eigenvalue weighted by Gasteiger charge is 2.19. The van der Waals surface area contributed by atoms with Gasteiger partial charge in [0.1, 0.15) is 4.90 Å². The molecule has 6 heteroatoms. The van der Waals surface area contributed by atoms with Crippen molar-refractivity contribution in [1.29, 1.82) is 0 Å². The van der Waals surface area contributed by atoms with E-state index >= 15 is 0 Å². The van der Waals surface area contributed by atoms with Crippen molar-refractivity contribution in [3.8, 4) is 11.5 Å². The lowest BCUT2D eigenvalue weighted by atomic mass is 10.1. The van der Waals surface area contributed by atoms with Gasteiger partial charge < -0.3 is 14.2 Å². The molecule has 1 N–H and O–H groups in total. The molecule has 0 heterocycles. The van der Waals surface area contributed by atoms with Crippen LogP contribution in [0, 0.1) is 20.8 Å². The zero-order valence-corrected chi connectivity index (χ0v) is 17.8. The molecular weight excluding hydrogens is 386 g/mol. The maximum absolute atomic E-state index is 12.6. The fourth-order valence-electron chi connectivity index (χ4n) is 2.97. The van der Waals surface area contributed by atoms with Gasteiger partial charge in [-0.1, -0.05) is 41.5 Å². The molecule has 0 radical (unpaired) electrons. The van der Waals surface area contributed by atoms with E-state index < -0.39 is 10.1 Å². The molecule has 0 aromatic heterocycles. The van der Waals surface area contributed by atoms with Crippen LogP contribution in [-0.2, 0) is 16.7 Å². The predicted octanol–water partition coefficient (Wildman–Crippen LogP) is 5.00. The smallest absolute Gasteiger partial charge is 0.339 e. The number of methoxy groups -OCH3 is 1. The van der Waals surface area contributed by atoms with Crippen LogP contribution < -0.4 is 14.2 Å². The highest BCUT2D eigenvalue weighted by atomic mass is 32.2. The maximum Gasteiger partial charge on any atom is 0.339 e. The van der Waals surface area contributed by atoms with Gasteiger partial charge in [-0.15, -0.1) is 0 Å². The lowest BCUT2D eigenvalue weighted by Gasteiger charge is -2.14. The molecule has 3 aromatic carbocycles. The van der Waals surface area contributed by atoms with Crippen LogP contribution >= 0.6 is 0 Å². The summed E-state index contributed by atoms with van der Waals surface area (Å²) in [6.45, 7) is 6.59. The van der Waals surface area contributed by atoms with Crippen molar-refractivity contribution in [2.45, 2.75) is 32.2 Å². The third-order valence-corrected chi connectivity index (χ3v) is 5.85. The van der Waals surface area contributed by atoms with Crippen LogP contribution in [0.5, 0.6) is 11.5 Å². The van der Waals surface area contributed by atoms with E-state index in [0.29, 0.717) is 12.3 Å². The first-order valence-electron chi connectivity index (χ1n) is 9.28. The maximum atomic E-state index is 12.6. The molecule has 0 aliphatic heterocycles. The summed E-state index contributed by atoms with van der Waals surface area (Å²) in [5.41, 5.74) is 5.35. The first kappa shape index (κ1) is 20.7. The second kappa shape index (κ2) is 8.57. The summed E-state index contributed by atoms with van der Waals surface area (Å²) in [7, 11) is -2.45. The van der Waals surface area contributed by atoms with Crippen LogP contribution in [0.15, 0.2) is 65.6 Å². The Bertz CT molecular complexity index is 1110. The van der Waals surface area contributed by atoms with E-state index in [0.717, 1.165) is 16.8 Å². The van der Waals surface area contributed by atoms with E-state index in [1.807, 2.05) is 19.1 Å². The van der Waals surface area contributed by atoms with Gasteiger partial charge in [0.05, 0.1) is 7.11 Å². The van der Waals surface area contributed by atoms with E-state index in [9.17, 15) is 8.42 Å². The average molecular weight is 412 g/mol. The van der Waals surface area contributed by atoms with Gasteiger partial charge in [0.15, 0.2) is 11.5 Å². The fraction of sp³-hybridized carbons (Fsp3) is 0.217. The Morgan fingerprint density at radius 3 is 2.17 bits per heavy atom. The Labute approximate surface area is 172 Å². The number of anilines is 1. The van der Waals surface area contributed by atoms with Crippen molar-refractivity contribution in [2.24, 2.45) is 0 Å². The van der Waals surface area contributed by atoms with Gasteiger partial charge >= 0.3 is 10.1 Å². The minimum atomic E-state index is -3.94. The number of benzene rings is 3. The zero-order valence-electron chi connectivity index (χ0n) is 17.0. The minimum Gasteiger partial charge on any atom is -0.493 e. The second-order valence-electron chi connectivity index (χ2n) is 7.01. The molecule has 0 aliphatic rings. The van der Waals surface area contributed by atoms with Crippen LogP contribution in [0.2, 0.25) is 0 Å². The minimum absolute atomic E-state index is 0.103. The van der Waals surface area contributed by atoms with Crippen molar-refractivity contribution in [3.05, 3.63) is 82.9 Å². The standard InChI is InChI=1S/C23H25NO4S/c1-16-5-9-20(10-6-16)29(25,26)28-22-12-8-19(14-23(22)27-4)15-24-21-11-7-17(2)13-18(21)3/h5-14,24H,15H2,1-4H3. The monoisotopic (exact) mass is 411 g/mol. The van der Waals surface area contributed by atoms with E-state index in [2.05, 4.69) is 31.3 Å². The van der Waals surface area contributed by atoms with Gasteiger partial charge in [-0.3, -0.25) is 0 Å². The molecule has 0 bridgehead atoms. The van der Waals surface area contributed by atoms with Gasteiger partial charge in [-0.05, 0) is 62.2 Å². The molecule has 3 rings (SSSR count). The molecule has 0 saturated carbocycles. The lowest BCUT2D eigenvalue weighted by Crippen LogP contribution is -2.10. The molecule has 0 saturated heterocycles. The van der Waals surface area contributed by atoms with Crippen LogP contribution in [0.4, 0.5) is 5.69 Å². The first-order valence-corrected chi connectivity index (χ1v) is 10.7. The molecule has 3 aromatic rings. The third-order valence-electron chi connectivity index (χ3n) is 4.60. The molecule has 29 heavy (non-hydrogen) atoms. The summed E-state index contributed by atoms with van der Waals surface area (Å²) in [6.07, 6.45) is 0. The quantitative estimate of drug-likeness (QED) is 0.554. The van der Waals surface area contributed by atoms with Crippen molar-refractivity contribution >= 4 is 15.8 Å². The Morgan fingerprint density at radius 1 is 0.828 bits per heavy atom. The molecule has 152 valence electrons.